The van der Waals surface area contributed by atoms with Crippen molar-refractivity contribution in [1.82, 2.24) is 20.0 Å². The van der Waals surface area contributed by atoms with Crippen molar-refractivity contribution >= 4 is 36.9 Å². The number of hydrogen-bond donors (Lipinski definition) is 2. The Bertz CT molecular complexity index is 1490. The summed E-state index contributed by atoms with van der Waals surface area (Å²) in [5.74, 6) is -2.35. The number of amides is 3. The van der Waals surface area contributed by atoms with Gasteiger partial charge in [0.25, 0.3) is 5.91 Å². The van der Waals surface area contributed by atoms with E-state index in [4.69, 9.17) is 15.4 Å². The quantitative estimate of drug-likeness (QED) is 0.331. The molecule has 218 valence electrons. The summed E-state index contributed by atoms with van der Waals surface area (Å²) in [7, 11) is -2.16. The van der Waals surface area contributed by atoms with E-state index < -0.39 is 37.9 Å². The molecule has 0 saturated carbocycles. The fourth-order valence-electron chi connectivity index (χ4n) is 3.98. The summed E-state index contributed by atoms with van der Waals surface area (Å²) in [4.78, 5) is 40.0. The Hall–Kier alpha value is -4.08. The third-order valence-corrected chi connectivity index (χ3v) is 12.0. The average molecular weight is 581 g/mol. The summed E-state index contributed by atoms with van der Waals surface area (Å²) in [5.41, 5.74) is 6.15. The van der Waals surface area contributed by atoms with Gasteiger partial charge in [-0.3, -0.25) is 19.1 Å². The monoisotopic (exact) mass is 580 g/mol. The van der Waals surface area contributed by atoms with Crippen molar-refractivity contribution in [2.45, 2.75) is 65.0 Å². The fourth-order valence-corrected chi connectivity index (χ4v) is 5.07. The van der Waals surface area contributed by atoms with Crippen molar-refractivity contribution in [3.05, 3.63) is 65.1 Å². The van der Waals surface area contributed by atoms with Crippen molar-refractivity contribution in [2.75, 3.05) is 13.2 Å². The molecule has 1 aromatic heterocycles. The highest BCUT2D eigenvalue weighted by atomic mass is 28.4. The number of carbonyl (C=O) groups excluding carboxylic acids is 3. The minimum Gasteiger partial charge on any atom is -0.415 e. The summed E-state index contributed by atoms with van der Waals surface area (Å²) in [5, 5.41) is 16.5. The lowest BCUT2D eigenvalue weighted by Crippen LogP contribution is -2.50. The minimum absolute atomic E-state index is 0.0497. The Morgan fingerprint density at radius 2 is 1.88 bits per heavy atom. The van der Waals surface area contributed by atoms with Crippen LogP contribution in [0.15, 0.2) is 42.5 Å². The van der Waals surface area contributed by atoms with Gasteiger partial charge in [-0.15, -0.1) is 0 Å². The molecule has 0 bridgehead atoms. The van der Waals surface area contributed by atoms with Crippen molar-refractivity contribution in [1.29, 1.82) is 5.26 Å². The van der Waals surface area contributed by atoms with Gasteiger partial charge in [0.2, 0.25) is 11.8 Å². The third kappa shape index (κ3) is 7.36. The molecule has 0 saturated heterocycles. The molecule has 0 unspecified atom stereocenters. The highest BCUT2D eigenvalue weighted by Gasteiger charge is 2.38. The SMILES string of the molecule is C[C@H](CO[Si](C)(C)C(C)(C)C)N(CC(=O)NCc1cccc(C#N)c1F)C(=O)Cn1nc(C(N)=O)c2ccccc21. The zero-order valence-corrected chi connectivity index (χ0v) is 25.3. The number of primary amides is 1. The first-order valence-corrected chi connectivity index (χ1v) is 16.2. The van der Waals surface area contributed by atoms with E-state index in [2.05, 4.69) is 44.3 Å². The number of para-hydroxylation sites is 1. The number of rotatable bonds is 11. The number of halogens is 1. The van der Waals surface area contributed by atoms with Crippen LogP contribution < -0.4 is 11.1 Å². The van der Waals surface area contributed by atoms with E-state index in [1.54, 1.807) is 37.3 Å². The van der Waals surface area contributed by atoms with Crippen molar-refractivity contribution in [3.63, 3.8) is 0 Å². The zero-order chi connectivity index (χ0) is 30.5. The Kier molecular flexibility index (Phi) is 9.68. The molecule has 0 aliphatic carbocycles. The van der Waals surface area contributed by atoms with Gasteiger partial charge in [-0.1, -0.05) is 51.1 Å². The van der Waals surface area contributed by atoms with E-state index in [1.807, 2.05) is 0 Å². The smallest absolute Gasteiger partial charge is 0.269 e. The van der Waals surface area contributed by atoms with E-state index in [1.165, 1.54) is 27.8 Å². The predicted octanol–water partition coefficient (Wildman–Crippen LogP) is 3.70. The normalized spacial score (nSPS) is 12.5. The predicted molar refractivity (Wildman–Crippen MR) is 156 cm³/mol. The first-order chi connectivity index (χ1) is 19.2. The average Bonchev–Trinajstić information content (AvgIpc) is 3.27. The second kappa shape index (κ2) is 12.6. The van der Waals surface area contributed by atoms with Gasteiger partial charge in [-0.05, 0) is 37.2 Å². The summed E-state index contributed by atoms with van der Waals surface area (Å²) in [6, 6.07) is 12.6. The van der Waals surface area contributed by atoms with Gasteiger partial charge in [-0.2, -0.15) is 10.4 Å². The van der Waals surface area contributed by atoms with Crippen LogP contribution in [0.4, 0.5) is 4.39 Å². The molecule has 0 spiro atoms. The molecule has 0 aliphatic heterocycles. The summed E-state index contributed by atoms with van der Waals surface area (Å²) in [6.07, 6.45) is 0. The molecule has 0 fully saturated rings. The molecule has 3 aromatic rings. The van der Waals surface area contributed by atoms with Gasteiger partial charge in [0.1, 0.15) is 18.4 Å². The highest BCUT2D eigenvalue weighted by molar-refractivity contribution is 6.74. The molecule has 10 nitrogen and oxygen atoms in total. The van der Waals surface area contributed by atoms with E-state index >= 15 is 0 Å². The molecule has 1 atom stereocenters. The van der Waals surface area contributed by atoms with Crippen molar-refractivity contribution < 1.29 is 23.2 Å². The zero-order valence-electron chi connectivity index (χ0n) is 24.3. The number of benzene rings is 2. The second-order valence-electron chi connectivity index (χ2n) is 11.5. The lowest BCUT2D eigenvalue weighted by molar-refractivity contribution is -0.139. The molecule has 3 rings (SSSR count). The van der Waals surface area contributed by atoms with Crippen LogP contribution >= 0.6 is 0 Å². The maximum atomic E-state index is 14.5. The molecule has 2 aromatic carbocycles. The van der Waals surface area contributed by atoms with Crippen molar-refractivity contribution in [3.8, 4) is 6.07 Å². The number of hydrogen-bond acceptors (Lipinski definition) is 6. The molecule has 0 aliphatic rings. The van der Waals surface area contributed by atoms with Gasteiger partial charge < -0.3 is 20.4 Å². The number of aromatic nitrogens is 2. The molecule has 3 N–H and O–H groups in total. The standard InChI is InChI=1S/C29H37FN6O4Si/c1-19(18-40-41(5,6)29(2,3)4)35(16-24(37)33-15-21-11-9-10-20(14-31)26(21)30)25(38)17-36-23-13-8-7-12-22(23)27(34-36)28(32)39/h7-13,19H,15-18H2,1-6H3,(H2,32,39)(H,33,37)/t19-/m1/s1. The molecule has 1 heterocycles. The topological polar surface area (TPSA) is 143 Å². The molecular formula is C29H37FN6O4Si. The van der Waals surface area contributed by atoms with Gasteiger partial charge >= 0.3 is 0 Å². The van der Waals surface area contributed by atoms with Gasteiger partial charge in [-0.25, -0.2) is 4.39 Å². The Morgan fingerprint density at radius 1 is 1.20 bits per heavy atom. The van der Waals surface area contributed by atoms with Crippen LogP contribution in [0.1, 0.15) is 49.3 Å². The van der Waals surface area contributed by atoms with E-state index in [9.17, 15) is 18.8 Å². The maximum absolute atomic E-state index is 14.5. The Labute approximate surface area is 240 Å². The second-order valence-corrected chi connectivity index (χ2v) is 16.3. The largest absolute Gasteiger partial charge is 0.415 e. The van der Waals surface area contributed by atoms with Gasteiger partial charge in [0.05, 0.1) is 30.3 Å². The lowest BCUT2D eigenvalue weighted by Gasteiger charge is -2.38. The molecule has 0 radical (unpaired) electrons. The Balaban J connectivity index is 1.83. The van der Waals surface area contributed by atoms with E-state index in [0.29, 0.717) is 10.9 Å². The molecule has 12 heteroatoms. The molecular weight excluding hydrogens is 543 g/mol. The number of fused-ring (bicyclic) bond motifs is 1. The summed E-state index contributed by atoms with van der Waals surface area (Å²) in [6.45, 7) is 11.8. The fraction of sp³-hybridized carbons (Fsp3) is 0.414. The van der Waals surface area contributed by atoms with Crippen LogP contribution in [0.5, 0.6) is 0 Å². The first kappa shape index (κ1) is 31.4. The van der Waals surface area contributed by atoms with Gasteiger partial charge in [0, 0.05) is 17.5 Å². The van der Waals surface area contributed by atoms with Crippen LogP contribution in [0.25, 0.3) is 10.9 Å². The van der Waals surface area contributed by atoms with E-state index in [-0.39, 0.29) is 48.1 Å². The van der Waals surface area contributed by atoms with Crippen molar-refractivity contribution in [2.24, 2.45) is 5.73 Å². The van der Waals surface area contributed by atoms with Crippen LogP contribution in [-0.4, -0.2) is 59.9 Å². The highest BCUT2D eigenvalue weighted by Crippen LogP contribution is 2.36. The van der Waals surface area contributed by atoms with Gasteiger partial charge in [0.15, 0.2) is 14.0 Å². The number of carbonyl (C=O) groups is 3. The molecule has 41 heavy (non-hydrogen) atoms. The molecule has 3 amide bonds. The Morgan fingerprint density at radius 3 is 2.51 bits per heavy atom. The van der Waals surface area contributed by atoms with E-state index in [0.717, 1.165) is 0 Å². The van der Waals surface area contributed by atoms with Crippen LogP contribution in [0.3, 0.4) is 0 Å². The van der Waals surface area contributed by atoms with Crippen LogP contribution in [0, 0.1) is 17.1 Å². The first-order valence-electron chi connectivity index (χ1n) is 13.3. The number of nitriles is 1. The van der Waals surface area contributed by atoms with Crippen LogP contribution in [0.2, 0.25) is 18.1 Å². The summed E-state index contributed by atoms with van der Waals surface area (Å²) >= 11 is 0. The number of nitrogens with one attached hydrogen (secondary N) is 1. The van der Waals surface area contributed by atoms with Crippen LogP contribution in [-0.2, 0) is 27.1 Å². The summed E-state index contributed by atoms with van der Waals surface area (Å²) < 4.78 is 22.2. The lowest BCUT2D eigenvalue weighted by atomic mass is 10.1. The third-order valence-electron chi connectivity index (χ3n) is 7.51. The maximum Gasteiger partial charge on any atom is 0.269 e. The number of nitrogens with two attached hydrogens (primary N) is 1. The number of nitrogens with zero attached hydrogens (tertiary/aromatic N) is 4. The minimum atomic E-state index is -2.16.